The van der Waals surface area contributed by atoms with Crippen LogP contribution in [0.15, 0.2) is 36.5 Å². The lowest BCUT2D eigenvalue weighted by Gasteiger charge is -2.11. The number of nitrogens with zero attached hydrogens (tertiary/aromatic N) is 2. The van der Waals surface area contributed by atoms with Crippen LogP contribution in [0, 0.1) is 20.8 Å². The predicted octanol–water partition coefficient (Wildman–Crippen LogP) is 4.77. The van der Waals surface area contributed by atoms with E-state index in [2.05, 4.69) is 81.5 Å². The summed E-state index contributed by atoms with van der Waals surface area (Å²) in [5.41, 5.74) is 10.0. The van der Waals surface area contributed by atoms with Crippen LogP contribution in [-0.4, -0.2) is 4.98 Å². The van der Waals surface area contributed by atoms with Crippen molar-refractivity contribution in [2.75, 3.05) is 0 Å². The van der Waals surface area contributed by atoms with Crippen LogP contribution in [0.5, 0.6) is 0 Å². The molecule has 0 bridgehead atoms. The standard InChI is InChI=1S/C21H25N2/c1-13(2)17-11-21-19(22-12-17)7-8-20(23(21)6)18-10-14(3)9-15(4)16(18)5/h7-13H,1-6H3/q+1. The zero-order chi connectivity index (χ0) is 16.7. The molecule has 0 unspecified atom stereocenters. The first-order valence-electron chi connectivity index (χ1n) is 8.25. The number of pyridine rings is 2. The Hall–Kier alpha value is -2.22. The zero-order valence-corrected chi connectivity index (χ0v) is 14.9. The number of fused-ring (bicyclic) bond motifs is 1. The fraction of sp³-hybridized carbons (Fsp3) is 0.333. The summed E-state index contributed by atoms with van der Waals surface area (Å²) in [6.45, 7) is 11.0. The van der Waals surface area contributed by atoms with Gasteiger partial charge in [0, 0.05) is 23.9 Å². The van der Waals surface area contributed by atoms with Gasteiger partial charge in [0.2, 0.25) is 11.2 Å². The van der Waals surface area contributed by atoms with E-state index in [9.17, 15) is 0 Å². The van der Waals surface area contributed by atoms with E-state index in [-0.39, 0.29) is 0 Å². The summed E-state index contributed by atoms with van der Waals surface area (Å²) in [7, 11) is 2.14. The summed E-state index contributed by atoms with van der Waals surface area (Å²) in [5.74, 6) is 0.485. The molecular weight excluding hydrogens is 280 g/mol. The largest absolute Gasteiger partial charge is 0.250 e. The summed E-state index contributed by atoms with van der Waals surface area (Å²) in [5, 5.41) is 0. The molecule has 0 radical (unpaired) electrons. The van der Waals surface area contributed by atoms with Crippen molar-refractivity contribution in [3.05, 3.63) is 58.8 Å². The maximum absolute atomic E-state index is 4.63. The van der Waals surface area contributed by atoms with Crippen molar-refractivity contribution < 1.29 is 4.57 Å². The molecule has 0 spiro atoms. The van der Waals surface area contributed by atoms with Gasteiger partial charge in [-0.3, -0.25) is 0 Å². The van der Waals surface area contributed by atoms with Gasteiger partial charge in [-0.15, -0.1) is 0 Å². The molecule has 0 aliphatic heterocycles. The highest BCUT2D eigenvalue weighted by Gasteiger charge is 2.18. The molecule has 0 atom stereocenters. The molecule has 23 heavy (non-hydrogen) atoms. The van der Waals surface area contributed by atoms with Gasteiger partial charge in [-0.1, -0.05) is 25.5 Å². The summed E-state index contributed by atoms with van der Waals surface area (Å²) in [6, 6.07) is 11.1. The molecule has 0 aliphatic carbocycles. The van der Waals surface area contributed by atoms with E-state index in [1.165, 1.54) is 39.0 Å². The van der Waals surface area contributed by atoms with Crippen molar-refractivity contribution in [1.29, 1.82) is 0 Å². The van der Waals surface area contributed by atoms with Crippen molar-refractivity contribution in [1.82, 2.24) is 4.98 Å². The van der Waals surface area contributed by atoms with Crippen molar-refractivity contribution in [3.8, 4) is 11.3 Å². The highest BCUT2D eigenvalue weighted by Crippen LogP contribution is 2.26. The molecule has 0 saturated carbocycles. The van der Waals surface area contributed by atoms with E-state index in [1.54, 1.807) is 0 Å². The molecule has 0 fully saturated rings. The van der Waals surface area contributed by atoms with Gasteiger partial charge in [0.25, 0.3) is 0 Å². The van der Waals surface area contributed by atoms with Crippen molar-refractivity contribution in [3.63, 3.8) is 0 Å². The first-order chi connectivity index (χ1) is 10.9. The van der Waals surface area contributed by atoms with Crippen LogP contribution in [-0.2, 0) is 7.05 Å². The number of hydrogen-bond donors (Lipinski definition) is 0. The fourth-order valence-corrected chi connectivity index (χ4v) is 3.17. The minimum absolute atomic E-state index is 0.485. The molecule has 0 saturated heterocycles. The second-order valence-corrected chi connectivity index (χ2v) is 6.86. The maximum Gasteiger partial charge on any atom is 0.231 e. The highest BCUT2D eigenvalue weighted by molar-refractivity contribution is 5.75. The Morgan fingerprint density at radius 3 is 2.43 bits per heavy atom. The Morgan fingerprint density at radius 1 is 1.00 bits per heavy atom. The summed E-state index contributed by atoms with van der Waals surface area (Å²) >= 11 is 0. The Balaban J connectivity index is 2.29. The summed E-state index contributed by atoms with van der Waals surface area (Å²) in [4.78, 5) is 4.63. The Bertz CT molecular complexity index is 892. The SMILES string of the molecule is Cc1cc(C)c(C)c(-c2ccc3ncc(C(C)C)cc3[n+]2C)c1. The molecule has 3 aromatic rings. The lowest BCUT2D eigenvalue weighted by molar-refractivity contribution is -0.633. The van der Waals surface area contributed by atoms with E-state index in [1.807, 2.05) is 6.20 Å². The summed E-state index contributed by atoms with van der Waals surface area (Å²) < 4.78 is 2.27. The maximum atomic E-state index is 4.63. The lowest BCUT2D eigenvalue weighted by Crippen LogP contribution is -2.32. The number of rotatable bonds is 2. The molecule has 2 heteroatoms. The number of hydrogen-bond acceptors (Lipinski definition) is 1. The van der Waals surface area contributed by atoms with Crippen molar-refractivity contribution >= 4 is 11.0 Å². The Labute approximate surface area is 138 Å². The van der Waals surface area contributed by atoms with Crippen LogP contribution in [0.2, 0.25) is 0 Å². The van der Waals surface area contributed by atoms with Crippen LogP contribution in [0.4, 0.5) is 0 Å². The van der Waals surface area contributed by atoms with Gasteiger partial charge in [-0.25, -0.2) is 4.98 Å². The zero-order valence-electron chi connectivity index (χ0n) is 14.9. The molecule has 118 valence electrons. The Kier molecular flexibility index (Phi) is 3.93. The molecule has 2 aromatic heterocycles. The van der Waals surface area contributed by atoms with Gasteiger partial charge in [0.15, 0.2) is 0 Å². The number of aryl methyl sites for hydroxylation is 3. The highest BCUT2D eigenvalue weighted by atomic mass is 15.0. The minimum Gasteiger partial charge on any atom is -0.250 e. The third kappa shape index (κ3) is 2.74. The molecule has 0 aliphatic rings. The van der Waals surface area contributed by atoms with Gasteiger partial charge in [0.05, 0.1) is 0 Å². The van der Waals surface area contributed by atoms with Crippen LogP contribution < -0.4 is 4.57 Å². The van der Waals surface area contributed by atoms with E-state index in [0.717, 1.165) is 5.52 Å². The first-order valence-corrected chi connectivity index (χ1v) is 8.25. The first kappa shape index (κ1) is 15.7. The van der Waals surface area contributed by atoms with E-state index in [4.69, 9.17) is 0 Å². The van der Waals surface area contributed by atoms with Crippen molar-refractivity contribution in [2.24, 2.45) is 7.05 Å². The van der Waals surface area contributed by atoms with Crippen LogP contribution in [0.3, 0.4) is 0 Å². The molecular formula is C21H25N2+. The van der Waals surface area contributed by atoms with Crippen molar-refractivity contribution in [2.45, 2.75) is 40.5 Å². The van der Waals surface area contributed by atoms with Gasteiger partial charge in [-0.05, 0) is 55.5 Å². The molecule has 0 amide bonds. The average Bonchev–Trinajstić information content (AvgIpc) is 2.51. The molecule has 2 heterocycles. The van der Waals surface area contributed by atoms with Crippen LogP contribution in [0.1, 0.15) is 42.0 Å². The topological polar surface area (TPSA) is 16.8 Å². The van der Waals surface area contributed by atoms with Crippen LogP contribution in [0.25, 0.3) is 22.3 Å². The minimum atomic E-state index is 0.485. The quantitative estimate of drug-likeness (QED) is 0.623. The van der Waals surface area contributed by atoms with Gasteiger partial charge < -0.3 is 0 Å². The molecule has 2 nitrogen and oxygen atoms in total. The second-order valence-electron chi connectivity index (χ2n) is 6.86. The predicted molar refractivity (Wildman–Crippen MR) is 96.7 cm³/mol. The summed E-state index contributed by atoms with van der Waals surface area (Å²) in [6.07, 6.45) is 1.99. The van der Waals surface area contributed by atoms with Gasteiger partial charge in [0.1, 0.15) is 12.6 Å². The Morgan fingerprint density at radius 2 is 1.74 bits per heavy atom. The number of aromatic nitrogens is 2. The molecule has 3 rings (SSSR count). The fourth-order valence-electron chi connectivity index (χ4n) is 3.17. The second kappa shape index (κ2) is 5.77. The smallest absolute Gasteiger partial charge is 0.231 e. The van der Waals surface area contributed by atoms with E-state index < -0.39 is 0 Å². The average molecular weight is 305 g/mol. The molecule has 1 aromatic carbocycles. The monoisotopic (exact) mass is 305 g/mol. The number of benzene rings is 1. The van der Waals surface area contributed by atoms with Gasteiger partial charge in [-0.2, -0.15) is 4.57 Å². The third-order valence-electron chi connectivity index (χ3n) is 4.79. The molecule has 0 N–H and O–H groups in total. The van der Waals surface area contributed by atoms with E-state index >= 15 is 0 Å². The lowest BCUT2D eigenvalue weighted by atomic mass is 9.97. The third-order valence-corrected chi connectivity index (χ3v) is 4.79. The van der Waals surface area contributed by atoms with E-state index in [0.29, 0.717) is 5.92 Å². The normalized spacial score (nSPS) is 11.4. The van der Waals surface area contributed by atoms with Crippen LogP contribution >= 0.6 is 0 Å². The van der Waals surface area contributed by atoms with Gasteiger partial charge >= 0.3 is 0 Å².